The number of hydrogen-bond donors (Lipinski definition) is 4. The summed E-state index contributed by atoms with van der Waals surface area (Å²) in [7, 11) is 0. The van der Waals surface area contributed by atoms with E-state index in [4.69, 9.17) is 0 Å². The summed E-state index contributed by atoms with van der Waals surface area (Å²) in [5.74, 6) is -0.892. The lowest BCUT2D eigenvalue weighted by Crippen LogP contribution is -2.45. The highest BCUT2D eigenvalue weighted by molar-refractivity contribution is 6.00. The molecule has 0 aliphatic heterocycles. The van der Waals surface area contributed by atoms with Crippen molar-refractivity contribution in [3.63, 3.8) is 0 Å². The SMILES string of the molecule is O=C(C=Cc1c[nH]c2ccccc12)N[C@@H](CO)C(=O)Nc1ccon1. The van der Waals surface area contributed by atoms with Crippen LogP contribution in [0, 0.1) is 0 Å². The Labute approximate surface area is 142 Å². The van der Waals surface area contributed by atoms with Gasteiger partial charge in [-0.3, -0.25) is 9.59 Å². The molecular weight excluding hydrogens is 324 g/mol. The van der Waals surface area contributed by atoms with E-state index in [0.717, 1.165) is 16.5 Å². The highest BCUT2D eigenvalue weighted by atomic mass is 16.5. The molecule has 0 aliphatic rings. The molecule has 0 spiro atoms. The maximum atomic E-state index is 12.0. The number of carbonyl (C=O) groups is 2. The minimum absolute atomic E-state index is 0.201. The Morgan fingerprint density at radius 1 is 1.32 bits per heavy atom. The number of carbonyl (C=O) groups excluding carboxylic acids is 2. The van der Waals surface area contributed by atoms with Crippen LogP contribution < -0.4 is 10.6 Å². The minimum atomic E-state index is -1.10. The molecule has 2 aromatic heterocycles. The number of H-pyrrole nitrogens is 1. The van der Waals surface area contributed by atoms with E-state index in [1.807, 2.05) is 24.3 Å². The fourth-order valence-electron chi connectivity index (χ4n) is 2.30. The van der Waals surface area contributed by atoms with E-state index >= 15 is 0 Å². The summed E-state index contributed by atoms with van der Waals surface area (Å²) in [4.78, 5) is 27.1. The normalized spacial score (nSPS) is 12.4. The topological polar surface area (TPSA) is 120 Å². The van der Waals surface area contributed by atoms with Gasteiger partial charge in [0.2, 0.25) is 5.91 Å². The number of aliphatic hydroxyl groups is 1. The Hall–Kier alpha value is -3.39. The molecule has 0 fully saturated rings. The summed E-state index contributed by atoms with van der Waals surface area (Å²) in [6.07, 6.45) is 6.03. The summed E-state index contributed by atoms with van der Waals surface area (Å²) >= 11 is 0. The first-order valence-electron chi connectivity index (χ1n) is 7.54. The van der Waals surface area contributed by atoms with Crippen molar-refractivity contribution in [2.75, 3.05) is 11.9 Å². The van der Waals surface area contributed by atoms with E-state index in [9.17, 15) is 14.7 Å². The van der Waals surface area contributed by atoms with Gasteiger partial charge in [-0.2, -0.15) is 0 Å². The number of nitrogens with zero attached hydrogens (tertiary/aromatic N) is 1. The molecule has 8 nitrogen and oxygen atoms in total. The molecule has 25 heavy (non-hydrogen) atoms. The number of aliphatic hydroxyl groups excluding tert-OH is 1. The van der Waals surface area contributed by atoms with Gasteiger partial charge >= 0.3 is 0 Å². The van der Waals surface area contributed by atoms with Gasteiger partial charge < -0.3 is 25.2 Å². The van der Waals surface area contributed by atoms with Crippen LogP contribution in [0.25, 0.3) is 17.0 Å². The van der Waals surface area contributed by atoms with Crippen molar-refractivity contribution in [3.05, 3.63) is 54.4 Å². The second-order valence-corrected chi connectivity index (χ2v) is 5.24. The first kappa shape index (κ1) is 16.5. The molecule has 0 unspecified atom stereocenters. The van der Waals surface area contributed by atoms with Gasteiger partial charge in [-0.25, -0.2) is 0 Å². The molecule has 0 saturated heterocycles. The van der Waals surface area contributed by atoms with E-state index in [0.29, 0.717) is 0 Å². The first-order valence-corrected chi connectivity index (χ1v) is 7.54. The number of fused-ring (bicyclic) bond motifs is 1. The molecule has 2 heterocycles. The standard InChI is InChI=1S/C17H16N4O4/c22-10-14(17(24)20-15-7-8-25-21-15)19-16(23)6-5-11-9-18-13-4-2-1-3-12(11)13/h1-9,14,18,22H,10H2,(H,19,23)(H,20,21,24)/t14-/m0/s1. The number of aromatic nitrogens is 2. The van der Waals surface area contributed by atoms with Crippen molar-refractivity contribution in [2.45, 2.75) is 6.04 Å². The van der Waals surface area contributed by atoms with Gasteiger partial charge in [0, 0.05) is 29.2 Å². The predicted molar refractivity (Wildman–Crippen MR) is 91.5 cm³/mol. The van der Waals surface area contributed by atoms with E-state index in [-0.39, 0.29) is 5.82 Å². The smallest absolute Gasteiger partial charge is 0.250 e. The van der Waals surface area contributed by atoms with Crippen molar-refractivity contribution in [1.82, 2.24) is 15.5 Å². The maximum absolute atomic E-state index is 12.0. The number of para-hydroxylation sites is 1. The summed E-state index contributed by atoms with van der Waals surface area (Å²) in [5, 5.41) is 18.7. The third-order valence-electron chi connectivity index (χ3n) is 3.54. The zero-order valence-corrected chi connectivity index (χ0v) is 13.1. The lowest BCUT2D eigenvalue weighted by Gasteiger charge is -2.13. The Bertz CT molecular complexity index is 898. The van der Waals surface area contributed by atoms with Gasteiger partial charge in [0.15, 0.2) is 5.82 Å². The van der Waals surface area contributed by atoms with Crippen molar-refractivity contribution in [1.29, 1.82) is 0 Å². The number of amides is 2. The fourth-order valence-corrected chi connectivity index (χ4v) is 2.30. The number of anilines is 1. The second kappa shape index (κ2) is 7.45. The number of nitrogens with one attached hydrogen (secondary N) is 3. The largest absolute Gasteiger partial charge is 0.394 e. The lowest BCUT2D eigenvalue weighted by molar-refractivity contribution is -0.124. The van der Waals surface area contributed by atoms with Gasteiger partial charge in [-0.1, -0.05) is 23.4 Å². The molecule has 1 aromatic carbocycles. The number of hydrogen-bond acceptors (Lipinski definition) is 5. The summed E-state index contributed by atoms with van der Waals surface area (Å²) in [5.41, 5.74) is 1.81. The molecule has 3 rings (SSSR count). The van der Waals surface area contributed by atoms with E-state index in [2.05, 4.69) is 25.3 Å². The van der Waals surface area contributed by atoms with Gasteiger partial charge in [-0.15, -0.1) is 0 Å². The highest BCUT2D eigenvalue weighted by Gasteiger charge is 2.19. The van der Waals surface area contributed by atoms with Crippen LogP contribution >= 0.6 is 0 Å². The molecule has 0 bridgehead atoms. The van der Waals surface area contributed by atoms with Crippen molar-refractivity contribution < 1.29 is 19.2 Å². The molecule has 4 N–H and O–H groups in total. The fraction of sp³-hybridized carbons (Fsp3) is 0.118. The molecule has 1 atom stereocenters. The monoisotopic (exact) mass is 340 g/mol. The van der Waals surface area contributed by atoms with Crippen LogP contribution in [0.4, 0.5) is 5.82 Å². The zero-order chi connectivity index (χ0) is 17.6. The maximum Gasteiger partial charge on any atom is 0.250 e. The summed E-state index contributed by atoms with van der Waals surface area (Å²) in [6.45, 7) is -0.545. The quantitative estimate of drug-likeness (QED) is 0.504. The van der Waals surface area contributed by atoms with E-state index < -0.39 is 24.5 Å². The number of benzene rings is 1. The van der Waals surface area contributed by atoms with E-state index in [1.165, 1.54) is 18.4 Å². The Balaban J connectivity index is 1.63. The third-order valence-corrected chi connectivity index (χ3v) is 3.54. The molecular formula is C17H16N4O4. The number of aromatic amines is 1. The van der Waals surface area contributed by atoms with Crippen LogP contribution in [-0.4, -0.2) is 39.7 Å². The molecule has 3 aromatic rings. The van der Waals surface area contributed by atoms with Crippen molar-refractivity contribution in [2.24, 2.45) is 0 Å². The van der Waals surface area contributed by atoms with Gasteiger partial charge in [0.25, 0.3) is 5.91 Å². The van der Waals surface area contributed by atoms with Crippen LogP contribution in [0.2, 0.25) is 0 Å². The van der Waals surface area contributed by atoms with Crippen molar-refractivity contribution in [3.8, 4) is 0 Å². The molecule has 0 aliphatic carbocycles. The molecule has 2 amide bonds. The zero-order valence-electron chi connectivity index (χ0n) is 13.1. The van der Waals surface area contributed by atoms with Crippen LogP contribution in [0.15, 0.2) is 53.4 Å². The summed E-state index contributed by atoms with van der Waals surface area (Å²) in [6, 6.07) is 8.04. The average molecular weight is 340 g/mol. The lowest BCUT2D eigenvalue weighted by atomic mass is 10.1. The minimum Gasteiger partial charge on any atom is -0.394 e. The number of rotatable bonds is 6. The third kappa shape index (κ3) is 3.93. The Morgan fingerprint density at radius 3 is 2.92 bits per heavy atom. The van der Waals surface area contributed by atoms with Crippen LogP contribution in [-0.2, 0) is 9.59 Å². The first-order chi connectivity index (χ1) is 12.2. The molecule has 0 radical (unpaired) electrons. The Kier molecular flexibility index (Phi) is 4.91. The van der Waals surface area contributed by atoms with Gasteiger partial charge in [0.05, 0.1) is 6.61 Å². The van der Waals surface area contributed by atoms with Gasteiger partial charge in [0.1, 0.15) is 12.3 Å². The van der Waals surface area contributed by atoms with Crippen molar-refractivity contribution >= 4 is 34.6 Å². The molecule has 0 saturated carbocycles. The highest BCUT2D eigenvalue weighted by Crippen LogP contribution is 2.18. The van der Waals surface area contributed by atoms with Crippen LogP contribution in [0.1, 0.15) is 5.56 Å². The molecule has 128 valence electrons. The van der Waals surface area contributed by atoms with Gasteiger partial charge in [-0.05, 0) is 17.7 Å². The second-order valence-electron chi connectivity index (χ2n) is 5.24. The van der Waals surface area contributed by atoms with E-state index in [1.54, 1.807) is 12.3 Å². The molecule has 8 heteroatoms. The summed E-state index contributed by atoms with van der Waals surface area (Å²) < 4.78 is 4.60. The predicted octanol–water partition coefficient (Wildman–Crippen LogP) is 1.28. The van der Waals surface area contributed by atoms with Crippen LogP contribution in [0.3, 0.4) is 0 Å². The van der Waals surface area contributed by atoms with Crippen LogP contribution in [0.5, 0.6) is 0 Å². The Morgan fingerprint density at radius 2 is 2.16 bits per heavy atom. The average Bonchev–Trinajstić information content (AvgIpc) is 3.27.